The molecule has 22 aromatic rings. The summed E-state index contributed by atoms with van der Waals surface area (Å²) in [5.41, 5.74) is 29.4. The fourth-order valence-electron chi connectivity index (χ4n) is 22.3. The molecule has 2 aromatic heterocycles. The lowest BCUT2D eigenvalue weighted by Gasteiger charge is -2.29. The predicted octanol–water partition coefficient (Wildman–Crippen LogP) is 36.7. The molecule has 0 radical (unpaired) electrons. The fourth-order valence-corrected chi connectivity index (χ4v) is 29.6. The highest BCUT2D eigenvalue weighted by Crippen LogP contribution is 2.57. The summed E-state index contributed by atoms with van der Waals surface area (Å²) in [7, 11) is -6.04. The summed E-state index contributed by atoms with van der Waals surface area (Å²) in [5, 5.41) is 21.3. The van der Waals surface area contributed by atoms with Crippen molar-refractivity contribution in [2.75, 3.05) is 19.6 Å². The number of fused-ring (bicyclic) bond motifs is 22. The molecule has 0 bridgehead atoms. The molecule has 0 saturated carbocycles. The SMILES string of the molecule is CC1(C)c2ccccc2-c2ccc(N(c3ccc([Si](C)(C)C)cc3)c3ccc4c(c3)sc3c5ccc(N(c6ccc([Si](C)(C)C)cc6)c6ccc7c(c6)C(C)(C)c6ccccc6-7)cc5c5ccccc5c43)cc21.C[Si](C)(C)c1ccc(N(c2ccc3c(c2)sc2c4ccc(N(c5ccc([Si](C)(C)C)cc5)c5ccccc5-c5ccccc5)cc4c4ccccc4c32)c2ccccc2-c2ccccc2)cc1. The van der Waals surface area contributed by atoms with Crippen molar-refractivity contribution >= 4 is 227 Å². The van der Waals surface area contributed by atoms with Crippen molar-refractivity contribution in [2.24, 2.45) is 0 Å². The molecule has 20 aromatic carbocycles. The first-order valence-corrected chi connectivity index (χ1v) is 65.1. The lowest BCUT2D eigenvalue weighted by Crippen LogP contribution is -2.37. The third-order valence-electron chi connectivity index (χ3n) is 29.9. The van der Waals surface area contributed by atoms with Crippen molar-refractivity contribution in [3.63, 3.8) is 0 Å². The number of hydrogen-bond donors (Lipinski definition) is 0. The standard InChI is InChI=1S/C68H62N2SSi2.C62H54N2SSi2/c1-67(2)60-21-15-13-18-52(60)54-35-27-46(40-62(54)67)69(43-23-31-49(32-24-43)72(5,6)7)45-29-37-57-59(39-45)51-17-11-12-20-56(51)65-58-38-30-48(42-64(58)71-66(57)65)70(44-25-33-50(34-26-44)73(8,9)10)47-28-36-55-53-19-14-16-22-61(53)68(3,4)63(55)41-47;1-66(2,3)49-35-29-45(30-36-49)63(58-27-17-15-23-51(58)43-19-9-7-10-20-43)47-33-39-55-57(41-47)53-25-13-14-26-54(53)61-56-40-34-48(42-60(56)65-62(55)61)64(46-31-37-50(38-32-46)67(4,5)6)59-28-18-16-24-52(59)44-21-11-8-12-22-44/h11-42H,1-10H3;7-42H,1-6H3. The molecule has 2 aliphatic carbocycles. The van der Waals surface area contributed by atoms with E-state index in [2.05, 4.69) is 538 Å². The molecule has 0 amide bonds. The van der Waals surface area contributed by atoms with Crippen molar-refractivity contribution in [3.05, 3.63) is 435 Å². The van der Waals surface area contributed by atoms with Gasteiger partial charge in [0.1, 0.15) is 0 Å². The second-order valence-corrected chi connectivity index (χ2v) is 66.0. The molecule has 0 unspecified atom stereocenters. The second-order valence-electron chi connectivity index (χ2n) is 43.6. The molecule has 10 heteroatoms. The number of para-hydroxylation sites is 2. The molecule has 0 saturated heterocycles. The lowest BCUT2D eigenvalue weighted by atomic mass is 9.82. The van der Waals surface area contributed by atoms with E-state index in [1.807, 2.05) is 22.7 Å². The van der Waals surface area contributed by atoms with E-state index in [1.54, 1.807) is 0 Å². The Morgan fingerprint density at radius 1 is 0.186 bits per heavy atom. The van der Waals surface area contributed by atoms with Gasteiger partial charge in [0.05, 0.1) is 43.7 Å². The van der Waals surface area contributed by atoms with Crippen LogP contribution in [-0.4, -0.2) is 32.3 Å². The van der Waals surface area contributed by atoms with E-state index in [1.165, 1.54) is 199 Å². The zero-order chi connectivity index (χ0) is 96.2. The lowest BCUT2D eigenvalue weighted by molar-refractivity contribution is 0.660. The van der Waals surface area contributed by atoms with Gasteiger partial charge in [0.2, 0.25) is 0 Å². The van der Waals surface area contributed by atoms with E-state index in [-0.39, 0.29) is 10.8 Å². The fraction of sp³-hybridized carbons (Fsp3) is 0.138. The minimum absolute atomic E-state index is 0.105. The van der Waals surface area contributed by atoms with Crippen LogP contribution in [0.2, 0.25) is 78.6 Å². The number of thiophene rings is 2. The van der Waals surface area contributed by atoms with E-state index in [0.717, 1.165) is 39.8 Å². The smallest absolute Gasteiger partial charge is 0.0775 e. The summed E-state index contributed by atoms with van der Waals surface area (Å²) in [5.74, 6) is 0. The van der Waals surface area contributed by atoms with Crippen LogP contribution in [0, 0.1) is 0 Å². The van der Waals surface area contributed by atoms with Gasteiger partial charge in [-0.3, -0.25) is 0 Å². The van der Waals surface area contributed by atoms with Crippen LogP contribution in [0.25, 0.3) is 128 Å². The molecule has 0 N–H and O–H groups in total. The van der Waals surface area contributed by atoms with Gasteiger partial charge in [-0.15, -0.1) is 22.7 Å². The van der Waals surface area contributed by atoms with Crippen LogP contribution < -0.4 is 40.3 Å². The molecule has 0 atom stereocenters. The second kappa shape index (κ2) is 34.5. The van der Waals surface area contributed by atoms with Gasteiger partial charge < -0.3 is 19.6 Å². The first-order chi connectivity index (χ1) is 67.5. The van der Waals surface area contributed by atoms with Gasteiger partial charge in [-0.05, 0) is 221 Å². The minimum Gasteiger partial charge on any atom is -0.310 e. The van der Waals surface area contributed by atoms with Gasteiger partial charge in [-0.2, -0.15) is 0 Å². The molecule has 2 heterocycles. The van der Waals surface area contributed by atoms with Crippen molar-refractivity contribution in [1.82, 2.24) is 0 Å². The average molecular weight is 1910 g/mol. The van der Waals surface area contributed by atoms with Gasteiger partial charge in [0.15, 0.2) is 0 Å². The molecule has 4 nitrogen and oxygen atoms in total. The van der Waals surface area contributed by atoms with Crippen LogP contribution in [0.5, 0.6) is 0 Å². The molecular formula is C130H116N4S2Si4. The predicted molar refractivity (Wildman–Crippen MR) is 625 cm³/mol. The van der Waals surface area contributed by atoms with Crippen molar-refractivity contribution < 1.29 is 0 Å². The summed E-state index contributed by atoms with van der Waals surface area (Å²) in [6, 6.07) is 156. The highest BCUT2D eigenvalue weighted by Gasteiger charge is 2.39. The van der Waals surface area contributed by atoms with Crippen LogP contribution in [-0.2, 0) is 10.8 Å². The molecule has 684 valence electrons. The van der Waals surface area contributed by atoms with E-state index in [4.69, 9.17) is 0 Å². The quantitative estimate of drug-likeness (QED) is 0.0627. The first kappa shape index (κ1) is 89.8. The summed E-state index contributed by atoms with van der Waals surface area (Å²) >= 11 is 3.85. The van der Waals surface area contributed by atoms with E-state index < -0.39 is 32.3 Å². The van der Waals surface area contributed by atoms with Crippen LogP contribution in [0.4, 0.5) is 68.2 Å². The van der Waals surface area contributed by atoms with Gasteiger partial charge in [-0.25, -0.2) is 0 Å². The number of benzene rings is 20. The van der Waals surface area contributed by atoms with Crippen molar-refractivity contribution in [2.45, 2.75) is 117 Å². The number of hydrogen-bond acceptors (Lipinski definition) is 6. The normalized spacial score (nSPS) is 13.3. The maximum atomic E-state index is 2.49. The minimum atomic E-state index is -1.52. The Morgan fingerprint density at radius 3 is 0.800 bits per heavy atom. The van der Waals surface area contributed by atoms with Gasteiger partial charge >= 0.3 is 0 Å². The summed E-state index contributed by atoms with van der Waals surface area (Å²) in [6.07, 6.45) is 0. The molecule has 0 fully saturated rings. The Labute approximate surface area is 836 Å². The molecule has 140 heavy (non-hydrogen) atoms. The zero-order valence-corrected chi connectivity index (χ0v) is 88.5. The van der Waals surface area contributed by atoms with Gasteiger partial charge in [-0.1, -0.05) is 406 Å². The first-order valence-electron chi connectivity index (χ1n) is 49.5. The summed E-state index contributed by atoms with van der Waals surface area (Å²) in [4.78, 5) is 9.90. The largest absolute Gasteiger partial charge is 0.310 e. The topological polar surface area (TPSA) is 13.0 Å². The van der Waals surface area contributed by atoms with Crippen LogP contribution in [0.1, 0.15) is 49.9 Å². The maximum Gasteiger partial charge on any atom is 0.0775 e. The van der Waals surface area contributed by atoms with E-state index >= 15 is 0 Å². The molecule has 0 spiro atoms. The maximum absolute atomic E-state index is 2.49. The zero-order valence-electron chi connectivity index (χ0n) is 82.9. The van der Waals surface area contributed by atoms with Gasteiger partial charge in [0.25, 0.3) is 0 Å². The third-order valence-corrected chi connectivity index (χ3v) is 40.6. The van der Waals surface area contributed by atoms with Crippen molar-refractivity contribution in [3.8, 4) is 44.5 Å². The monoisotopic (exact) mass is 1910 g/mol. The Morgan fingerprint density at radius 2 is 0.443 bits per heavy atom. The molecule has 2 aliphatic rings. The number of nitrogens with zero attached hydrogens (tertiary/aromatic N) is 4. The Bertz CT molecular complexity index is 8650. The van der Waals surface area contributed by atoms with Crippen LogP contribution in [0.3, 0.4) is 0 Å². The third kappa shape index (κ3) is 15.7. The van der Waals surface area contributed by atoms with Crippen LogP contribution in [0.15, 0.2) is 413 Å². The Hall–Kier alpha value is -14.1. The summed E-state index contributed by atoms with van der Waals surface area (Å²) < 4.78 is 5.21. The summed E-state index contributed by atoms with van der Waals surface area (Å²) in [6.45, 7) is 38.6. The molecular weight excluding hydrogens is 1790 g/mol. The average Bonchev–Trinajstić information content (AvgIpc) is 1.56. The van der Waals surface area contributed by atoms with Gasteiger partial charge in [0, 0.05) is 130 Å². The van der Waals surface area contributed by atoms with E-state index in [0.29, 0.717) is 0 Å². The highest BCUT2D eigenvalue weighted by atomic mass is 32.1. The Kier molecular flexibility index (Phi) is 22.1. The molecule has 0 aliphatic heterocycles. The van der Waals surface area contributed by atoms with Crippen molar-refractivity contribution in [1.29, 1.82) is 0 Å². The number of rotatable bonds is 18. The Balaban J connectivity index is 0.000000157. The van der Waals surface area contributed by atoms with E-state index in [9.17, 15) is 0 Å². The highest BCUT2D eigenvalue weighted by molar-refractivity contribution is 7.27. The molecule has 24 rings (SSSR count). The number of anilines is 12. The van der Waals surface area contributed by atoms with Crippen LogP contribution >= 0.6 is 22.7 Å².